The van der Waals surface area contributed by atoms with E-state index >= 15 is 0 Å². The average molecular weight is 272 g/mol. The third-order valence-corrected chi connectivity index (χ3v) is 4.65. The second-order valence-electron chi connectivity index (χ2n) is 6.64. The van der Waals surface area contributed by atoms with Crippen molar-refractivity contribution in [2.45, 2.75) is 58.3 Å². The Balaban J connectivity index is 1.86. The highest BCUT2D eigenvalue weighted by atomic mass is 16.2. The van der Waals surface area contributed by atoms with Crippen molar-refractivity contribution < 1.29 is 4.79 Å². The Kier molecular flexibility index (Phi) is 3.33. The summed E-state index contributed by atoms with van der Waals surface area (Å²) in [6.07, 6.45) is 1.19. The summed E-state index contributed by atoms with van der Waals surface area (Å²) in [7, 11) is 0. The Morgan fingerprint density at radius 2 is 1.80 bits per heavy atom. The molecule has 0 spiro atoms. The molecule has 2 aliphatic rings. The number of rotatable bonds is 3. The van der Waals surface area contributed by atoms with Gasteiger partial charge in [-0.1, -0.05) is 45.0 Å². The molecule has 1 saturated heterocycles. The van der Waals surface area contributed by atoms with E-state index < -0.39 is 0 Å². The molecule has 1 aromatic carbocycles. The van der Waals surface area contributed by atoms with Crippen molar-refractivity contribution in [3.05, 3.63) is 35.4 Å². The molecule has 108 valence electrons. The lowest BCUT2D eigenvalue weighted by Gasteiger charge is -2.25. The van der Waals surface area contributed by atoms with Crippen LogP contribution >= 0.6 is 0 Å². The first-order valence-electron chi connectivity index (χ1n) is 7.67. The quantitative estimate of drug-likeness (QED) is 0.917. The van der Waals surface area contributed by atoms with Gasteiger partial charge in [-0.3, -0.25) is 10.1 Å². The molecule has 2 fully saturated rings. The number of benzene rings is 1. The zero-order valence-electron chi connectivity index (χ0n) is 12.8. The van der Waals surface area contributed by atoms with Gasteiger partial charge in [0.15, 0.2) is 0 Å². The van der Waals surface area contributed by atoms with Gasteiger partial charge in [0.05, 0.1) is 6.04 Å². The molecule has 1 amide bonds. The van der Waals surface area contributed by atoms with E-state index in [9.17, 15) is 4.79 Å². The fourth-order valence-corrected chi connectivity index (χ4v) is 3.10. The van der Waals surface area contributed by atoms with E-state index in [1.165, 1.54) is 11.1 Å². The van der Waals surface area contributed by atoms with Crippen LogP contribution in [-0.4, -0.2) is 22.9 Å². The molecule has 4 atom stereocenters. The highest BCUT2D eigenvalue weighted by Crippen LogP contribution is 2.41. The average Bonchev–Trinajstić information content (AvgIpc) is 3.06. The zero-order chi connectivity index (χ0) is 14.4. The molecule has 1 aliphatic carbocycles. The molecular weight excluding hydrogens is 248 g/mol. The Hall–Kier alpha value is -1.35. The largest absolute Gasteiger partial charge is 0.318 e. The standard InChI is InChI=1S/C17H24N2O/c1-10(2)13-5-7-14(8-6-13)16-18-12(4)17(20)19(16)15-9-11(15)3/h5-8,10-12,15-16,18H,9H2,1-4H3. The lowest BCUT2D eigenvalue weighted by Crippen LogP contribution is -2.33. The van der Waals surface area contributed by atoms with Gasteiger partial charge in [0.1, 0.15) is 6.17 Å². The topological polar surface area (TPSA) is 32.3 Å². The predicted molar refractivity (Wildman–Crippen MR) is 80.3 cm³/mol. The third kappa shape index (κ3) is 2.24. The minimum atomic E-state index is -0.0717. The minimum Gasteiger partial charge on any atom is -0.318 e. The van der Waals surface area contributed by atoms with Crippen LogP contribution in [0.3, 0.4) is 0 Å². The monoisotopic (exact) mass is 272 g/mol. The Morgan fingerprint density at radius 1 is 1.20 bits per heavy atom. The molecule has 3 rings (SSSR count). The first kappa shape index (κ1) is 13.6. The second-order valence-corrected chi connectivity index (χ2v) is 6.64. The summed E-state index contributed by atoms with van der Waals surface area (Å²) in [5.41, 5.74) is 2.55. The van der Waals surface area contributed by atoms with Gasteiger partial charge in [-0.25, -0.2) is 0 Å². The summed E-state index contributed by atoms with van der Waals surface area (Å²) in [4.78, 5) is 14.4. The summed E-state index contributed by atoms with van der Waals surface area (Å²) in [5, 5.41) is 3.44. The maximum Gasteiger partial charge on any atom is 0.241 e. The van der Waals surface area contributed by atoms with Gasteiger partial charge >= 0.3 is 0 Å². The Labute approximate surface area is 121 Å². The van der Waals surface area contributed by atoms with E-state index in [4.69, 9.17) is 0 Å². The molecule has 1 saturated carbocycles. The normalized spacial score (nSPS) is 33.0. The SMILES string of the molecule is CC1NC(c2ccc(C(C)C)cc2)N(C2CC2C)C1=O. The van der Waals surface area contributed by atoms with Crippen LogP contribution in [0.1, 0.15) is 57.3 Å². The molecule has 0 radical (unpaired) electrons. The first-order valence-corrected chi connectivity index (χ1v) is 7.67. The van der Waals surface area contributed by atoms with Crippen LogP contribution in [0.25, 0.3) is 0 Å². The van der Waals surface area contributed by atoms with Crippen molar-refractivity contribution in [2.75, 3.05) is 0 Å². The van der Waals surface area contributed by atoms with Crippen LogP contribution in [0.5, 0.6) is 0 Å². The zero-order valence-corrected chi connectivity index (χ0v) is 12.8. The van der Waals surface area contributed by atoms with Crippen LogP contribution < -0.4 is 5.32 Å². The minimum absolute atomic E-state index is 0.0497. The maximum atomic E-state index is 12.4. The van der Waals surface area contributed by atoms with Crippen molar-refractivity contribution >= 4 is 5.91 Å². The van der Waals surface area contributed by atoms with E-state index in [0.717, 1.165) is 6.42 Å². The highest BCUT2D eigenvalue weighted by Gasteiger charge is 2.49. The number of hydrogen-bond donors (Lipinski definition) is 1. The van der Waals surface area contributed by atoms with Crippen LogP contribution in [0.2, 0.25) is 0 Å². The third-order valence-electron chi connectivity index (χ3n) is 4.65. The fraction of sp³-hybridized carbons (Fsp3) is 0.588. The number of nitrogens with zero attached hydrogens (tertiary/aromatic N) is 1. The number of nitrogens with one attached hydrogen (secondary N) is 1. The van der Waals surface area contributed by atoms with Gasteiger partial charge in [0, 0.05) is 6.04 Å². The van der Waals surface area contributed by atoms with Gasteiger partial charge in [-0.2, -0.15) is 0 Å². The summed E-state index contributed by atoms with van der Waals surface area (Å²) < 4.78 is 0. The smallest absolute Gasteiger partial charge is 0.241 e. The van der Waals surface area contributed by atoms with Gasteiger partial charge in [-0.05, 0) is 36.3 Å². The fourth-order valence-electron chi connectivity index (χ4n) is 3.10. The number of carbonyl (C=O) groups is 1. The van der Waals surface area contributed by atoms with Crippen LogP contribution in [0, 0.1) is 5.92 Å². The van der Waals surface area contributed by atoms with Gasteiger partial charge in [0.25, 0.3) is 0 Å². The molecule has 0 bridgehead atoms. The molecule has 1 heterocycles. The lowest BCUT2D eigenvalue weighted by molar-refractivity contribution is -0.130. The van der Waals surface area contributed by atoms with Crippen molar-refractivity contribution in [2.24, 2.45) is 5.92 Å². The molecule has 20 heavy (non-hydrogen) atoms. The summed E-state index contributed by atoms with van der Waals surface area (Å²) in [6, 6.07) is 9.05. The van der Waals surface area contributed by atoms with Crippen molar-refractivity contribution in [3.63, 3.8) is 0 Å². The first-order chi connectivity index (χ1) is 9.49. The lowest BCUT2D eigenvalue weighted by atomic mass is 10.0. The van der Waals surface area contributed by atoms with Crippen molar-refractivity contribution in [1.29, 1.82) is 0 Å². The summed E-state index contributed by atoms with van der Waals surface area (Å²) in [6.45, 7) is 8.59. The molecule has 3 nitrogen and oxygen atoms in total. The van der Waals surface area contributed by atoms with Gasteiger partial charge in [-0.15, -0.1) is 0 Å². The summed E-state index contributed by atoms with van der Waals surface area (Å²) in [5.74, 6) is 1.43. The van der Waals surface area contributed by atoms with Crippen molar-refractivity contribution in [1.82, 2.24) is 10.2 Å². The molecule has 1 aliphatic heterocycles. The number of hydrogen-bond acceptors (Lipinski definition) is 2. The van der Waals surface area contributed by atoms with E-state index in [1.807, 2.05) is 6.92 Å². The van der Waals surface area contributed by atoms with E-state index in [0.29, 0.717) is 17.9 Å². The highest BCUT2D eigenvalue weighted by molar-refractivity contribution is 5.84. The van der Waals surface area contributed by atoms with Crippen molar-refractivity contribution in [3.8, 4) is 0 Å². The van der Waals surface area contributed by atoms with E-state index in [2.05, 4.69) is 55.3 Å². The number of carbonyl (C=O) groups excluding carboxylic acids is 1. The molecule has 4 unspecified atom stereocenters. The van der Waals surface area contributed by atoms with Crippen LogP contribution in [0.4, 0.5) is 0 Å². The Morgan fingerprint density at radius 3 is 2.30 bits per heavy atom. The molecular formula is C17H24N2O. The molecule has 0 aromatic heterocycles. The van der Waals surface area contributed by atoms with E-state index in [-0.39, 0.29) is 18.1 Å². The van der Waals surface area contributed by atoms with Crippen LogP contribution in [0.15, 0.2) is 24.3 Å². The maximum absolute atomic E-state index is 12.4. The van der Waals surface area contributed by atoms with Crippen LogP contribution in [-0.2, 0) is 4.79 Å². The predicted octanol–water partition coefficient (Wildman–Crippen LogP) is 3.04. The number of amides is 1. The van der Waals surface area contributed by atoms with Gasteiger partial charge < -0.3 is 4.90 Å². The van der Waals surface area contributed by atoms with Gasteiger partial charge in [0.2, 0.25) is 5.91 Å². The Bertz CT molecular complexity index is 508. The summed E-state index contributed by atoms with van der Waals surface area (Å²) >= 11 is 0. The second kappa shape index (κ2) is 4.88. The molecule has 1 N–H and O–H groups in total. The van der Waals surface area contributed by atoms with E-state index in [1.54, 1.807) is 0 Å². The molecule has 3 heteroatoms. The molecule has 1 aromatic rings.